The van der Waals surface area contributed by atoms with Crippen LogP contribution >= 0.6 is 11.9 Å². The fraction of sp³-hybridized carbons (Fsp3) is 0.462. The lowest BCUT2D eigenvalue weighted by Gasteiger charge is -2.19. The summed E-state index contributed by atoms with van der Waals surface area (Å²) in [5, 5.41) is 0. The van der Waals surface area contributed by atoms with Crippen LogP contribution in [0.3, 0.4) is 0 Å². The Labute approximate surface area is 103 Å². The SMILES string of the molecule is CSN(C=Nc1ccc(C)cc1C)C(C)C. The second-order valence-corrected chi connectivity index (χ2v) is 4.96. The molecule has 1 aromatic rings. The lowest BCUT2D eigenvalue weighted by molar-refractivity contribution is 0.565. The van der Waals surface area contributed by atoms with Crippen LogP contribution in [0.5, 0.6) is 0 Å². The van der Waals surface area contributed by atoms with E-state index in [0.717, 1.165) is 5.69 Å². The molecule has 2 nitrogen and oxygen atoms in total. The summed E-state index contributed by atoms with van der Waals surface area (Å²) in [5.41, 5.74) is 3.55. The van der Waals surface area contributed by atoms with Gasteiger partial charge in [0.15, 0.2) is 0 Å². The number of hydrogen-bond donors (Lipinski definition) is 0. The topological polar surface area (TPSA) is 15.6 Å². The van der Waals surface area contributed by atoms with Crippen LogP contribution in [-0.2, 0) is 0 Å². The number of rotatable bonds is 4. The number of nitrogens with zero attached hydrogens (tertiary/aromatic N) is 2. The first-order chi connectivity index (χ1) is 7.54. The Balaban J connectivity index is 2.83. The van der Waals surface area contributed by atoms with Crippen LogP contribution in [0.2, 0.25) is 0 Å². The molecule has 0 amide bonds. The van der Waals surface area contributed by atoms with E-state index in [2.05, 4.69) is 61.4 Å². The van der Waals surface area contributed by atoms with Crippen LogP contribution in [-0.4, -0.2) is 22.9 Å². The third-order valence-corrected chi connectivity index (χ3v) is 3.32. The van der Waals surface area contributed by atoms with Gasteiger partial charge in [-0.2, -0.15) is 0 Å². The van der Waals surface area contributed by atoms with Gasteiger partial charge in [-0.05, 0) is 39.3 Å². The van der Waals surface area contributed by atoms with Gasteiger partial charge in [0, 0.05) is 12.3 Å². The summed E-state index contributed by atoms with van der Waals surface area (Å²) in [6.45, 7) is 8.51. The lowest BCUT2D eigenvalue weighted by Crippen LogP contribution is -2.21. The Morgan fingerprint density at radius 2 is 2.00 bits per heavy atom. The number of aliphatic imine (C=N–C) groups is 1. The molecule has 16 heavy (non-hydrogen) atoms. The summed E-state index contributed by atoms with van der Waals surface area (Å²) < 4.78 is 2.14. The Bertz CT molecular complexity index is 372. The first-order valence-electron chi connectivity index (χ1n) is 5.48. The van der Waals surface area contributed by atoms with Gasteiger partial charge in [-0.15, -0.1) is 0 Å². The molecule has 0 fully saturated rings. The van der Waals surface area contributed by atoms with Gasteiger partial charge in [0.05, 0.1) is 5.69 Å². The maximum atomic E-state index is 4.52. The molecular weight excluding hydrogens is 216 g/mol. The largest absolute Gasteiger partial charge is 0.304 e. The molecule has 0 N–H and O–H groups in total. The van der Waals surface area contributed by atoms with Gasteiger partial charge < -0.3 is 4.31 Å². The first-order valence-corrected chi connectivity index (χ1v) is 6.66. The van der Waals surface area contributed by atoms with Gasteiger partial charge in [-0.25, -0.2) is 4.99 Å². The fourth-order valence-electron chi connectivity index (χ4n) is 1.46. The van der Waals surface area contributed by atoms with Crippen molar-refractivity contribution in [1.82, 2.24) is 4.31 Å². The van der Waals surface area contributed by atoms with Gasteiger partial charge in [-0.1, -0.05) is 29.6 Å². The van der Waals surface area contributed by atoms with Crippen LogP contribution in [0.15, 0.2) is 23.2 Å². The molecular formula is C13H20N2S. The molecule has 0 saturated heterocycles. The molecule has 0 aliphatic rings. The zero-order valence-electron chi connectivity index (χ0n) is 10.7. The van der Waals surface area contributed by atoms with E-state index < -0.39 is 0 Å². The van der Waals surface area contributed by atoms with Gasteiger partial charge in [0.25, 0.3) is 0 Å². The molecule has 1 aromatic carbocycles. The van der Waals surface area contributed by atoms with E-state index in [0.29, 0.717) is 6.04 Å². The average Bonchev–Trinajstić information content (AvgIpc) is 2.21. The Morgan fingerprint density at radius 1 is 1.31 bits per heavy atom. The Hall–Kier alpha value is -0.960. The minimum Gasteiger partial charge on any atom is -0.304 e. The van der Waals surface area contributed by atoms with E-state index in [1.54, 1.807) is 11.9 Å². The predicted octanol–water partition coefficient (Wildman–Crippen LogP) is 3.95. The molecule has 0 radical (unpaired) electrons. The molecule has 88 valence electrons. The summed E-state index contributed by atoms with van der Waals surface area (Å²) in [4.78, 5) is 4.52. The molecule has 0 aliphatic heterocycles. The van der Waals surface area contributed by atoms with Crippen molar-refractivity contribution in [1.29, 1.82) is 0 Å². The zero-order chi connectivity index (χ0) is 12.1. The van der Waals surface area contributed by atoms with Gasteiger partial charge >= 0.3 is 0 Å². The number of hydrogen-bond acceptors (Lipinski definition) is 2. The Kier molecular flexibility index (Phi) is 4.87. The minimum absolute atomic E-state index is 0.463. The molecule has 0 bridgehead atoms. The van der Waals surface area contributed by atoms with E-state index in [9.17, 15) is 0 Å². The molecule has 0 aromatic heterocycles. The number of aryl methyl sites for hydroxylation is 2. The van der Waals surface area contributed by atoms with Crippen LogP contribution in [0, 0.1) is 13.8 Å². The third-order valence-electron chi connectivity index (χ3n) is 2.38. The molecule has 0 unspecified atom stereocenters. The molecule has 3 heteroatoms. The van der Waals surface area contributed by atoms with Crippen molar-refractivity contribution >= 4 is 24.0 Å². The van der Waals surface area contributed by atoms with Crippen LogP contribution in [0.25, 0.3) is 0 Å². The Morgan fingerprint density at radius 3 is 2.50 bits per heavy atom. The highest BCUT2D eigenvalue weighted by Gasteiger charge is 2.02. The highest BCUT2D eigenvalue weighted by atomic mass is 32.2. The van der Waals surface area contributed by atoms with Crippen molar-refractivity contribution < 1.29 is 0 Å². The van der Waals surface area contributed by atoms with Crippen molar-refractivity contribution in [3.05, 3.63) is 29.3 Å². The van der Waals surface area contributed by atoms with Gasteiger partial charge in [-0.3, -0.25) is 0 Å². The normalized spacial score (nSPS) is 11.4. The second kappa shape index (κ2) is 5.94. The van der Waals surface area contributed by atoms with E-state index in [4.69, 9.17) is 0 Å². The molecule has 1 rings (SSSR count). The van der Waals surface area contributed by atoms with Crippen molar-refractivity contribution in [3.63, 3.8) is 0 Å². The maximum absolute atomic E-state index is 4.52. The standard InChI is InChI=1S/C13H20N2S/c1-10(2)15(16-5)9-14-13-7-6-11(3)8-12(13)4/h6-10H,1-5H3. The van der Waals surface area contributed by atoms with E-state index >= 15 is 0 Å². The monoisotopic (exact) mass is 236 g/mol. The van der Waals surface area contributed by atoms with E-state index in [1.807, 2.05) is 6.34 Å². The number of benzene rings is 1. The smallest absolute Gasteiger partial charge is 0.101 e. The van der Waals surface area contributed by atoms with Crippen LogP contribution in [0.1, 0.15) is 25.0 Å². The van der Waals surface area contributed by atoms with Gasteiger partial charge in [0.2, 0.25) is 0 Å². The maximum Gasteiger partial charge on any atom is 0.101 e. The third kappa shape index (κ3) is 3.56. The van der Waals surface area contributed by atoms with E-state index in [1.165, 1.54) is 11.1 Å². The summed E-state index contributed by atoms with van der Waals surface area (Å²) in [5.74, 6) is 0. The first kappa shape index (κ1) is 13.1. The molecule has 0 spiro atoms. The fourth-order valence-corrected chi connectivity index (χ4v) is 2.02. The van der Waals surface area contributed by atoms with Crippen LogP contribution in [0.4, 0.5) is 5.69 Å². The van der Waals surface area contributed by atoms with Crippen molar-refractivity contribution in [2.24, 2.45) is 4.99 Å². The second-order valence-electron chi connectivity index (χ2n) is 4.17. The molecule has 0 aliphatic carbocycles. The minimum atomic E-state index is 0.463. The van der Waals surface area contributed by atoms with E-state index in [-0.39, 0.29) is 0 Å². The van der Waals surface area contributed by atoms with Gasteiger partial charge in [0.1, 0.15) is 6.34 Å². The molecule has 0 atom stereocenters. The molecule has 0 saturated carbocycles. The summed E-state index contributed by atoms with van der Waals surface area (Å²) in [7, 11) is 0. The zero-order valence-corrected chi connectivity index (χ0v) is 11.5. The highest BCUT2D eigenvalue weighted by Crippen LogP contribution is 2.19. The molecule has 0 heterocycles. The summed E-state index contributed by atoms with van der Waals surface area (Å²) in [6.07, 6.45) is 3.97. The summed E-state index contributed by atoms with van der Waals surface area (Å²) >= 11 is 1.69. The van der Waals surface area contributed by atoms with Crippen LogP contribution < -0.4 is 0 Å². The van der Waals surface area contributed by atoms with Crippen molar-refractivity contribution in [3.8, 4) is 0 Å². The van der Waals surface area contributed by atoms with Crippen molar-refractivity contribution in [2.75, 3.05) is 6.26 Å². The summed E-state index contributed by atoms with van der Waals surface area (Å²) in [6, 6.07) is 6.79. The highest BCUT2D eigenvalue weighted by molar-refractivity contribution is 7.96. The predicted molar refractivity (Wildman–Crippen MR) is 74.6 cm³/mol. The van der Waals surface area contributed by atoms with Crippen molar-refractivity contribution in [2.45, 2.75) is 33.7 Å². The average molecular weight is 236 g/mol. The quantitative estimate of drug-likeness (QED) is 0.447. The lowest BCUT2D eigenvalue weighted by atomic mass is 10.1.